The van der Waals surface area contributed by atoms with E-state index in [9.17, 15) is 4.79 Å². The molecular formula is C14H18N2O3. The fourth-order valence-electron chi connectivity index (χ4n) is 2.74. The maximum Gasteiger partial charge on any atom is 0.342 e. The molecule has 0 aliphatic carbocycles. The Hall–Kier alpha value is -1.78. The Bertz CT molecular complexity index is 496. The third kappa shape index (κ3) is 2.25. The Morgan fingerprint density at radius 2 is 2.11 bits per heavy atom. The lowest BCUT2D eigenvalue weighted by molar-refractivity contribution is 0.0480. The Morgan fingerprint density at radius 1 is 1.32 bits per heavy atom. The van der Waals surface area contributed by atoms with Crippen LogP contribution in [0.25, 0.3) is 0 Å². The zero-order valence-corrected chi connectivity index (χ0v) is 11.1. The third-order valence-electron chi connectivity index (χ3n) is 3.73. The van der Waals surface area contributed by atoms with Crippen LogP contribution >= 0.6 is 0 Å². The lowest BCUT2D eigenvalue weighted by Crippen LogP contribution is -2.33. The van der Waals surface area contributed by atoms with Crippen molar-refractivity contribution in [3.05, 3.63) is 17.2 Å². The molecule has 0 radical (unpaired) electrons. The molecule has 0 N–H and O–H groups in total. The van der Waals surface area contributed by atoms with Crippen molar-refractivity contribution in [2.45, 2.75) is 25.7 Å². The summed E-state index contributed by atoms with van der Waals surface area (Å²) in [5.74, 6) is 1.06. The molecule has 1 aromatic rings. The van der Waals surface area contributed by atoms with Gasteiger partial charge < -0.3 is 14.4 Å². The van der Waals surface area contributed by atoms with Gasteiger partial charge in [-0.05, 0) is 24.8 Å². The molecule has 0 spiro atoms. The van der Waals surface area contributed by atoms with E-state index in [0.29, 0.717) is 18.1 Å². The van der Waals surface area contributed by atoms with Crippen LogP contribution in [0.3, 0.4) is 0 Å². The average Bonchev–Trinajstić information content (AvgIpc) is 2.47. The molecule has 3 rings (SSSR count). The summed E-state index contributed by atoms with van der Waals surface area (Å²) in [6, 6.07) is 1.85. The molecule has 0 bridgehead atoms. The van der Waals surface area contributed by atoms with Crippen molar-refractivity contribution in [1.29, 1.82) is 0 Å². The van der Waals surface area contributed by atoms with Crippen molar-refractivity contribution in [2.75, 3.05) is 31.7 Å². The van der Waals surface area contributed by atoms with Gasteiger partial charge >= 0.3 is 5.97 Å². The van der Waals surface area contributed by atoms with Crippen LogP contribution in [0.2, 0.25) is 0 Å². The molecule has 0 atom stereocenters. The summed E-state index contributed by atoms with van der Waals surface area (Å²) < 4.78 is 10.4. The quantitative estimate of drug-likeness (QED) is 0.761. The molecule has 19 heavy (non-hydrogen) atoms. The number of rotatable bonds is 2. The summed E-state index contributed by atoms with van der Waals surface area (Å²) in [4.78, 5) is 18.7. The minimum absolute atomic E-state index is 0.253. The molecule has 3 heterocycles. The number of esters is 1. The molecule has 2 aliphatic heterocycles. The van der Waals surface area contributed by atoms with Crippen molar-refractivity contribution in [3.8, 4) is 5.88 Å². The van der Waals surface area contributed by atoms with Crippen molar-refractivity contribution in [1.82, 2.24) is 4.98 Å². The number of piperidine rings is 1. The maximum atomic E-state index is 12.0. The van der Waals surface area contributed by atoms with Crippen LogP contribution in [0.15, 0.2) is 6.07 Å². The van der Waals surface area contributed by atoms with Crippen molar-refractivity contribution in [3.63, 3.8) is 0 Å². The van der Waals surface area contributed by atoms with E-state index < -0.39 is 0 Å². The number of pyridine rings is 1. The van der Waals surface area contributed by atoms with E-state index in [4.69, 9.17) is 9.47 Å². The summed E-state index contributed by atoms with van der Waals surface area (Å²) in [5.41, 5.74) is 1.62. The predicted molar refractivity (Wildman–Crippen MR) is 70.8 cm³/mol. The highest BCUT2D eigenvalue weighted by Crippen LogP contribution is 2.31. The van der Waals surface area contributed by atoms with Gasteiger partial charge in [-0.15, -0.1) is 0 Å². The van der Waals surface area contributed by atoms with Crippen molar-refractivity contribution >= 4 is 11.8 Å². The summed E-state index contributed by atoms with van der Waals surface area (Å²) in [6.07, 6.45) is 4.26. The van der Waals surface area contributed by atoms with E-state index in [1.54, 1.807) is 7.11 Å². The predicted octanol–water partition coefficient (Wildman–Crippen LogP) is 1.79. The van der Waals surface area contributed by atoms with Gasteiger partial charge in [-0.3, -0.25) is 0 Å². The van der Waals surface area contributed by atoms with Crippen LogP contribution in [0.4, 0.5) is 5.82 Å². The average molecular weight is 262 g/mol. The number of carbonyl (C=O) groups excluding carboxylic acids is 1. The summed E-state index contributed by atoms with van der Waals surface area (Å²) in [5, 5.41) is 0. The number of carbonyl (C=O) groups is 1. The van der Waals surface area contributed by atoms with Gasteiger partial charge in [0.25, 0.3) is 0 Å². The molecule has 5 nitrogen and oxygen atoms in total. The zero-order chi connectivity index (χ0) is 13.2. The van der Waals surface area contributed by atoms with E-state index >= 15 is 0 Å². The summed E-state index contributed by atoms with van der Waals surface area (Å²) >= 11 is 0. The van der Waals surface area contributed by atoms with Gasteiger partial charge in [-0.25, -0.2) is 4.79 Å². The first-order chi connectivity index (χ1) is 9.29. The Morgan fingerprint density at radius 3 is 2.84 bits per heavy atom. The highest BCUT2D eigenvalue weighted by atomic mass is 16.5. The number of nitrogens with zero attached hydrogens (tertiary/aromatic N) is 2. The van der Waals surface area contributed by atoms with Gasteiger partial charge in [0.1, 0.15) is 11.4 Å². The second-order valence-corrected chi connectivity index (χ2v) is 4.96. The zero-order valence-electron chi connectivity index (χ0n) is 11.1. The minimum atomic E-state index is -0.253. The number of ether oxygens (including phenoxy) is 2. The number of aromatic nitrogens is 1. The highest BCUT2D eigenvalue weighted by Gasteiger charge is 2.28. The molecule has 1 aromatic heterocycles. The first-order valence-electron chi connectivity index (χ1n) is 6.79. The summed E-state index contributed by atoms with van der Waals surface area (Å²) in [6.45, 7) is 2.33. The Balaban J connectivity index is 2.07. The number of hydrogen-bond acceptors (Lipinski definition) is 5. The van der Waals surface area contributed by atoms with Gasteiger partial charge in [-0.2, -0.15) is 4.98 Å². The monoisotopic (exact) mass is 262 g/mol. The van der Waals surface area contributed by atoms with Crippen LogP contribution in [0.5, 0.6) is 5.88 Å². The fourth-order valence-corrected chi connectivity index (χ4v) is 2.74. The van der Waals surface area contributed by atoms with Crippen molar-refractivity contribution in [2.24, 2.45) is 0 Å². The van der Waals surface area contributed by atoms with Crippen LogP contribution in [-0.4, -0.2) is 37.8 Å². The molecule has 102 valence electrons. The number of anilines is 1. The highest BCUT2D eigenvalue weighted by molar-refractivity contribution is 5.97. The first-order valence-corrected chi connectivity index (χ1v) is 6.79. The normalized spacial score (nSPS) is 18.8. The molecule has 0 aromatic carbocycles. The third-order valence-corrected chi connectivity index (χ3v) is 3.73. The van der Waals surface area contributed by atoms with Crippen LogP contribution in [-0.2, 0) is 11.2 Å². The van der Waals surface area contributed by atoms with Gasteiger partial charge in [-0.1, -0.05) is 0 Å². The molecular weight excluding hydrogens is 244 g/mol. The fraction of sp³-hybridized carbons (Fsp3) is 0.571. The minimum Gasteiger partial charge on any atom is -0.481 e. The molecule has 0 unspecified atom stereocenters. The molecule has 1 saturated heterocycles. The Kier molecular flexibility index (Phi) is 3.27. The Labute approximate surface area is 112 Å². The van der Waals surface area contributed by atoms with Crippen LogP contribution in [0, 0.1) is 0 Å². The number of cyclic esters (lactones) is 1. The first kappa shape index (κ1) is 12.3. The topological polar surface area (TPSA) is 51.7 Å². The smallest absolute Gasteiger partial charge is 0.342 e. The van der Waals surface area contributed by atoms with E-state index in [2.05, 4.69) is 9.88 Å². The summed E-state index contributed by atoms with van der Waals surface area (Å²) in [7, 11) is 1.61. The van der Waals surface area contributed by atoms with Gasteiger partial charge in [0, 0.05) is 25.6 Å². The molecule has 0 amide bonds. The van der Waals surface area contributed by atoms with E-state index in [1.807, 2.05) is 6.07 Å². The molecule has 1 fully saturated rings. The molecule has 0 saturated carbocycles. The lowest BCUT2D eigenvalue weighted by atomic mass is 10.0. The van der Waals surface area contributed by atoms with Crippen molar-refractivity contribution < 1.29 is 14.3 Å². The van der Waals surface area contributed by atoms with Gasteiger partial charge in [0.15, 0.2) is 0 Å². The van der Waals surface area contributed by atoms with E-state index in [0.717, 1.165) is 43.7 Å². The molecule has 2 aliphatic rings. The van der Waals surface area contributed by atoms with Gasteiger partial charge in [0.05, 0.1) is 13.7 Å². The maximum absolute atomic E-state index is 12.0. The number of fused-ring (bicyclic) bond motifs is 1. The lowest BCUT2D eigenvalue weighted by Gasteiger charge is -2.31. The standard InChI is InChI=1S/C14H18N2O3/c1-18-11-9-10-5-8-19-14(17)12(10)13(15-11)16-6-3-2-4-7-16/h9H,2-8H2,1H3. The SMILES string of the molecule is COc1cc2c(c(N3CCCCC3)n1)C(=O)OCC2. The van der Waals surface area contributed by atoms with Gasteiger partial charge in [0.2, 0.25) is 5.88 Å². The van der Waals surface area contributed by atoms with E-state index in [-0.39, 0.29) is 5.97 Å². The largest absolute Gasteiger partial charge is 0.481 e. The molecule has 5 heteroatoms. The number of methoxy groups -OCH3 is 1. The second kappa shape index (κ2) is 5.07. The second-order valence-electron chi connectivity index (χ2n) is 4.96. The van der Waals surface area contributed by atoms with E-state index in [1.165, 1.54) is 6.42 Å². The number of hydrogen-bond donors (Lipinski definition) is 0. The van der Waals surface area contributed by atoms with Crippen LogP contribution < -0.4 is 9.64 Å². The van der Waals surface area contributed by atoms with Crippen LogP contribution in [0.1, 0.15) is 35.2 Å².